The highest BCUT2D eigenvalue weighted by molar-refractivity contribution is 9.10. The van der Waals surface area contributed by atoms with Crippen molar-refractivity contribution in [3.63, 3.8) is 0 Å². The number of rotatable bonds is 8. The maximum absolute atomic E-state index is 13.2. The number of carboxylic acids is 1. The molecule has 0 aliphatic heterocycles. The zero-order valence-corrected chi connectivity index (χ0v) is 21.5. The molecular formula is C27H24BrN3O5. The number of hydrogen-bond acceptors (Lipinski definition) is 6. The number of benzene rings is 3. The van der Waals surface area contributed by atoms with Gasteiger partial charge in [0.1, 0.15) is 12.4 Å². The topological polar surface area (TPSA) is 103 Å². The normalized spacial score (nSPS) is 11.4. The lowest BCUT2D eigenvalue weighted by atomic mass is 10.1. The van der Waals surface area contributed by atoms with E-state index in [-0.39, 0.29) is 23.6 Å². The van der Waals surface area contributed by atoms with Gasteiger partial charge < -0.3 is 14.6 Å². The Labute approximate surface area is 216 Å². The minimum Gasteiger partial charge on any atom is -0.493 e. The molecule has 0 spiro atoms. The zero-order chi connectivity index (χ0) is 25.8. The number of hydrogen-bond donors (Lipinski definition) is 1. The van der Waals surface area contributed by atoms with Crippen LogP contribution >= 0.6 is 15.9 Å². The van der Waals surface area contributed by atoms with Crippen molar-refractivity contribution in [2.45, 2.75) is 26.4 Å². The van der Waals surface area contributed by atoms with Gasteiger partial charge in [-0.3, -0.25) is 4.79 Å². The van der Waals surface area contributed by atoms with E-state index in [4.69, 9.17) is 14.6 Å². The van der Waals surface area contributed by atoms with Crippen LogP contribution in [0, 0.1) is 0 Å². The minimum absolute atomic E-state index is 0.0160. The van der Waals surface area contributed by atoms with Crippen LogP contribution in [-0.4, -0.2) is 34.1 Å². The molecule has 36 heavy (non-hydrogen) atoms. The summed E-state index contributed by atoms with van der Waals surface area (Å²) in [7, 11) is 1.54. The molecule has 0 saturated carbocycles. The molecule has 4 aromatic rings. The molecule has 1 N–H and O–H groups in total. The second kappa shape index (κ2) is 10.7. The fraction of sp³-hybridized carbons (Fsp3) is 0.185. The third-order valence-corrected chi connectivity index (χ3v) is 5.95. The van der Waals surface area contributed by atoms with E-state index in [0.717, 1.165) is 10.0 Å². The lowest BCUT2D eigenvalue weighted by Crippen LogP contribution is -2.23. The van der Waals surface area contributed by atoms with Gasteiger partial charge in [0.25, 0.3) is 5.56 Å². The molecule has 9 heteroatoms. The van der Waals surface area contributed by atoms with E-state index in [1.807, 2.05) is 26.0 Å². The predicted octanol–water partition coefficient (Wildman–Crippen LogP) is 5.45. The van der Waals surface area contributed by atoms with Crippen LogP contribution in [0.4, 0.5) is 0 Å². The van der Waals surface area contributed by atoms with Crippen molar-refractivity contribution in [3.8, 4) is 11.5 Å². The number of carboxylic acid groups (broad SMARTS) is 1. The van der Waals surface area contributed by atoms with Crippen LogP contribution in [0.5, 0.6) is 11.5 Å². The van der Waals surface area contributed by atoms with Crippen molar-refractivity contribution in [1.29, 1.82) is 0 Å². The first-order chi connectivity index (χ1) is 17.3. The first-order valence-corrected chi connectivity index (χ1v) is 12.0. The Balaban J connectivity index is 1.59. The van der Waals surface area contributed by atoms with Gasteiger partial charge in [-0.15, -0.1) is 0 Å². The predicted molar refractivity (Wildman–Crippen MR) is 142 cm³/mol. The fourth-order valence-electron chi connectivity index (χ4n) is 3.56. The standard InChI is InChI=1S/C27H24BrN3O5/c1-16(2)25-30-22-10-9-20(28)13-21(22)26(32)31(25)29-14-18-6-11-23(24(12-18)35-3)36-15-17-4-7-19(8-5-17)27(33)34/h4-14,16H,15H2,1-3H3,(H,33,34). The van der Waals surface area contributed by atoms with Crippen LogP contribution in [0.15, 0.2) is 75.0 Å². The highest BCUT2D eigenvalue weighted by atomic mass is 79.9. The molecule has 1 aromatic heterocycles. The maximum atomic E-state index is 13.2. The third kappa shape index (κ3) is 5.46. The van der Waals surface area contributed by atoms with Crippen molar-refractivity contribution in [2.24, 2.45) is 5.10 Å². The van der Waals surface area contributed by atoms with Gasteiger partial charge >= 0.3 is 5.97 Å². The number of halogens is 1. The van der Waals surface area contributed by atoms with Gasteiger partial charge in [-0.1, -0.05) is 41.9 Å². The first kappa shape index (κ1) is 25.1. The number of methoxy groups -OCH3 is 1. The van der Waals surface area contributed by atoms with Crippen LogP contribution < -0.4 is 15.0 Å². The summed E-state index contributed by atoms with van der Waals surface area (Å²) in [4.78, 5) is 28.9. The average Bonchev–Trinajstić information content (AvgIpc) is 2.87. The van der Waals surface area contributed by atoms with Gasteiger partial charge in [0.05, 0.1) is 29.8 Å². The quantitative estimate of drug-likeness (QED) is 0.293. The molecule has 0 saturated heterocycles. The Morgan fingerprint density at radius 3 is 2.53 bits per heavy atom. The van der Waals surface area contributed by atoms with E-state index in [0.29, 0.717) is 33.8 Å². The second-order valence-electron chi connectivity index (χ2n) is 8.35. The highest BCUT2D eigenvalue weighted by Crippen LogP contribution is 2.28. The SMILES string of the molecule is COc1cc(C=Nn2c(C(C)C)nc3ccc(Br)cc3c2=O)ccc1OCc1ccc(C(=O)O)cc1. The number of aromatic carboxylic acids is 1. The Kier molecular flexibility index (Phi) is 7.49. The molecular weight excluding hydrogens is 526 g/mol. The Hall–Kier alpha value is -3.98. The van der Waals surface area contributed by atoms with Crippen LogP contribution in [0.3, 0.4) is 0 Å². The molecule has 1 heterocycles. The van der Waals surface area contributed by atoms with Crippen molar-refractivity contribution >= 4 is 39.0 Å². The third-order valence-electron chi connectivity index (χ3n) is 5.45. The monoisotopic (exact) mass is 549 g/mol. The highest BCUT2D eigenvalue weighted by Gasteiger charge is 2.14. The molecule has 0 unspecified atom stereocenters. The van der Waals surface area contributed by atoms with E-state index >= 15 is 0 Å². The molecule has 4 rings (SSSR count). The van der Waals surface area contributed by atoms with E-state index in [1.165, 1.54) is 23.9 Å². The molecule has 0 bridgehead atoms. The van der Waals surface area contributed by atoms with Crippen LogP contribution in [0.1, 0.15) is 47.1 Å². The summed E-state index contributed by atoms with van der Waals surface area (Å²) in [5.74, 6) is 0.591. The van der Waals surface area contributed by atoms with Crippen LogP contribution in [-0.2, 0) is 6.61 Å². The summed E-state index contributed by atoms with van der Waals surface area (Å²) in [6.07, 6.45) is 1.58. The number of nitrogens with zero attached hydrogens (tertiary/aromatic N) is 3. The molecule has 0 aliphatic carbocycles. The van der Waals surface area contributed by atoms with Crippen molar-refractivity contribution in [2.75, 3.05) is 7.11 Å². The molecule has 0 fully saturated rings. The number of carbonyl (C=O) groups is 1. The molecule has 0 amide bonds. The molecule has 0 atom stereocenters. The molecule has 0 aliphatic rings. The average molecular weight is 550 g/mol. The first-order valence-electron chi connectivity index (χ1n) is 11.2. The number of fused-ring (bicyclic) bond motifs is 1. The largest absolute Gasteiger partial charge is 0.493 e. The molecule has 184 valence electrons. The van der Waals surface area contributed by atoms with Gasteiger partial charge in [0, 0.05) is 10.4 Å². The summed E-state index contributed by atoms with van der Waals surface area (Å²) in [5, 5.41) is 14.0. The molecule has 0 radical (unpaired) electrons. The summed E-state index contributed by atoms with van der Waals surface area (Å²) in [5.41, 5.74) is 2.12. The summed E-state index contributed by atoms with van der Waals surface area (Å²) in [6.45, 7) is 4.17. The van der Waals surface area contributed by atoms with E-state index in [2.05, 4.69) is 26.0 Å². The van der Waals surface area contributed by atoms with E-state index in [1.54, 1.807) is 42.6 Å². The van der Waals surface area contributed by atoms with Gasteiger partial charge in [0.15, 0.2) is 11.5 Å². The zero-order valence-electron chi connectivity index (χ0n) is 19.9. The Morgan fingerprint density at radius 2 is 1.86 bits per heavy atom. The second-order valence-corrected chi connectivity index (χ2v) is 9.26. The van der Waals surface area contributed by atoms with Crippen LogP contribution in [0.25, 0.3) is 10.9 Å². The summed E-state index contributed by atoms with van der Waals surface area (Å²) in [6, 6.07) is 17.2. The Bertz CT molecular complexity index is 1510. The maximum Gasteiger partial charge on any atom is 0.335 e. The van der Waals surface area contributed by atoms with Crippen LogP contribution in [0.2, 0.25) is 0 Å². The van der Waals surface area contributed by atoms with Gasteiger partial charge in [-0.2, -0.15) is 9.78 Å². The van der Waals surface area contributed by atoms with E-state index in [9.17, 15) is 9.59 Å². The van der Waals surface area contributed by atoms with E-state index < -0.39 is 5.97 Å². The van der Waals surface area contributed by atoms with Gasteiger partial charge in [-0.05, 0) is 59.7 Å². The molecule has 3 aromatic carbocycles. The molecule has 8 nitrogen and oxygen atoms in total. The van der Waals surface area contributed by atoms with Gasteiger partial charge in [-0.25, -0.2) is 9.78 Å². The minimum atomic E-state index is -0.975. The lowest BCUT2D eigenvalue weighted by Gasteiger charge is -2.13. The summed E-state index contributed by atoms with van der Waals surface area (Å²) >= 11 is 3.41. The smallest absolute Gasteiger partial charge is 0.335 e. The number of aromatic nitrogens is 2. The lowest BCUT2D eigenvalue weighted by molar-refractivity contribution is 0.0697. The fourth-order valence-corrected chi connectivity index (χ4v) is 3.93. The van der Waals surface area contributed by atoms with Crippen molar-refractivity contribution < 1.29 is 19.4 Å². The summed E-state index contributed by atoms with van der Waals surface area (Å²) < 4.78 is 13.5. The number of ether oxygens (including phenoxy) is 2. The van der Waals surface area contributed by atoms with Crippen molar-refractivity contribution in [1.82, 2.24) is 9.66 Å². The van der Waals surface area contributed by atoms with Gasteiger partial charge in [0.2, 0.25) is 0 Å². The Morgan fingerprint density at radius 1 is 1.11 bits per heavy atom. The van der Waals surface area contributed by atoms with Crippen molar-refractivity contribution in [3.05, 3.63) is 98.0 Å².